The average Bonchev–Trinajstić information content (AvgIpc) is 3.53. The van der Waals surface area contributed by atoms with Gasteiger partial charge in [-0.2, -0.15) is 10.4 Å². The molecule has 0 bridgehead atoms. The zero-order valence-corrected chi connectivity index (χ0v) is 19.2. The Morgan fingerprint density at radius 3 is 2.70 bits per heavy atom. The van der Waals surface area contributed by atoms with Gasteiger partial charge < -0.3 is 10.5 Å². The van der Waals surface area contributed by atoms with Gasteiger partial charge in [-0.05, 0) is 49.4 Å². The Morgan fingerprint density at radius 1 is 1.24 bits per heavy atom. The first-order chi connectivity index (χ1) is 15.8. The largest absolute Gasteiger partial charge is 0.489 e. The van der Waals surface area contributed by atoms with Crippen molar-refractivity contribution in [2.24, 2.45) is 7.05 Å². The van der Waals surface area contributed by atoms with Gasteiger partial charge in [0, 0.05) is 24.1 Å². The number of aryl methyl sites for hydroxylation is 2. The number of aromatic nitrogens is 3. The highest BCUT2D eigenvalue weighted by molar-refractivity contribution is 6.31. The van der Waals surface area contributed by atoms with Crippen LogP contribution < -0.4 is 10.5 Å². The summed E-state index contributed by atoms with van der Waals surface area (Å²) in [7, 11) is 1.70. The molecule has 0 amide bonds. The van der Waals surface area contributed by atoms with Crippen molar-refractivity contribution >= 4 is 28.3 Å². The molecule has 1 aliphatic carbocycles. The second kappa shape index (κ2) is 7.75. The van der Waals surface area contributed by atoms with Gasteiger partial charge in [-0.15, -0.1) is 0 Å². The number of fused-ring (bicyclic) bond motifs is 1. The number of pyridine rings is 1. The Labute approximate surface area is 195 Å². The molecule has 0 atom stereocenters. The molecule has 8 heteroatoms. The van der Waals surface area contributed by atoms with Gasteiger partial charge in [-0.1, -0.05) is 23.7 Å². The van der Waals surface area contributed by atoms with Crippen LogP contribution in [0.1, 0.15) is 29.5 Å². The van der Waals surface area contributed by atoms with Gasteiger partial charge >= 0.3 is 0 Å². The van der Waals surface area contributed by atoms with Crippen LogP contribution in [0.5, 0.6) is 5.75 Å². The molecule has 5 rings (SSSR count). The molecular weight excluding hydrogens is 441 g/mol. The number of nitrogens with zero attached hydrogens (tertiary/aromatic N) is 4. The summed E-state index contributed by atoms with van der Waals surface area (Å²) < 4.78 is 22.8. The molecule has 0 unspecified atom stereocenters. The topological polar surface area (TPSA) is 89.8 Å². The van der Waals surface area contributed by atoms with Crippen molar-refractivity contribution in [1.29, 1.82) is 5.26 Å². The minimum absolute atomic E-state index is 0.0289. The van der Waals surface area contributed by atoms with E-state index in [0.29, 0.717) is 17.1 Å². The molecular formula is C25H21ClFN5O. The number of rotatable bonds is 4. The predicted molar refractivity (Wildman–Crippen MR) is 127 cm³/mol. The molecule has 6 nitrogen and oxygen atoms in total. The van der Waals surface area contributed by atoms with Crippen LogP contribution in [-0.2, 0) is 7.05 Å². The average molecular weight is 462 g/mol. The van der Waals surface area contributed by atoms with Crippen molar-refractivity contribution in [2.45, 2.75) is 32.8 Å². The van der Waals surface area contributed by atoms with Crippen molar-refractivity contribution < 1.29 is 9.13 Å². The van der Waals surface area contributed by atoms with E-state index in [4.69, 9.17) is 22.1 Å². The van der Waals surface area contributed by atoms with E-state index in [9.17, 15) is 5.26 Å². The molecule has 0 aliphatic heterocycles. The Balaban J connectivity index is 1.74. The number of ether oxygens (including phenoxy) is 1. The van der Waals surface area contributed by atoms with Crippen molar-refractivity contribution in [3.8, 4) is 34.2 Å². The highest BCUT2D eigenvalue weighted by Crippen LogP contribution is 2.43. The first-order valence-electron chi connectivity index (χ1n) is 10.6. The van der Waals surface area contributed by atoms with E-state index in [0.717, 1.165) is 40.4 Å². The zero-order valence-electron chi connectivity index (χ0n) is 18.4. The molecule has 166 valence electrons. The molecule has 1 saturated carbocycles. The van der Waals surface area contributed by atoms with Gasteiger partial charge in [0.05, 0.1) is 34.1 Å². The number of nitriles is 1. The van der Waals surface area contributed by atoms with Gasteiger partial charge in [0.1, 0.15) is 23.2 Å². The van der Waals surface area contributed by atoms with Crippen LogP contribution in [0.25, 0.3) is 33.3 Å². The van der Waals surface area contributed by atoms with Crippen LogP contribution >= 0.6 is 11.6 Å². The van der Waals surface area contributed by atoms with Crippen LogP contribution in [-0.4, -0.2) is 20.9 Å². The van der Waals surface area contributed by atoms with Gasteiger partial charge in [-0.3, -0.25) is 4.68 Å². The highest BCUT2D eigenvalue weighted by Gasteiger charge is 2.29. The first-order valence-corrected chi connectivity index (χ1v) is 11.0. The standard InChI is InChI=1S/C25H21ClFN5O/c1-12-13(2)25(29)31-20-8-14(4-7-16(12)20)18-11-30-32(3)24(18)22-17(10-28)21(33-15-5-6-15)9-19(26)23(22)27/h4,7-9,11,15H,5-6H2,1-3H3,(H2,29,31). The molecule has 1 aliphatic rings. The first kappa shape index (κ1) is 21.2. The lowest BCUT2D eigenvalue weighted by Gasteiger charge is -2.15. The number of halogens is 2. The second-order valence-corrected chi connectivity index (χ2v) is 8.77. The molecule has 2 N–H and O–H groups in total. The zero-order chi connectivity index (χ0) is 23.4. The number of nitrogens with two attached hydrogens (primary N) is 1. The molecule has 4 aromatic rings. The van der Waals surface area contributed by atoms with E-state index in [2.05, 4.69) is 16.2 Å². The fourth-order valence-electron chi connectivity index (χ4n) is 4.06. The number of benzene rings is 2. The van der Waals surface area contributed by atoms with Crippen LogP contribution in [0, 0.1) is 31.0 Å². The maximum atomic E-state index is 15.4. The summed E-state index contributed by atoms with van der Waals surface area (Å²) in [5.74, 6) is 0.0709. The van der Waals surface area contributed by atoms with E-state index in [1.807, 2.05) is 32.0 Å². The Bertz CT molecular complexity index is 1480. The van der Waals surface area contributed by atoms with E-state index in [-0.39, 0.29) is 28.0 Å². The van der Waals surface area contributed by atoms with Crippen molar-refractivity contribution in [1.82, 2.24) is 14.8 Å². The number of anilines is 1. The third-order valence-corrected chi connectivity index (χ3v) is 6.46. The second-order valence-electron chi connectivity index (χ2n) is 8.36. The Kier molecular flexibility index (Phi) is 4.98. The van der Waals surface area contributed by atoms with Gasteiger partial charge in [0.2, 0.25) is 0 Å². The maximum absolute atomic E-state index is 15.4. The monoisotopic (exact) mass is 461 g/mol. The fourth-order valence-corrected chi connectivity index (χ4v) is 4.25. The third kappa shape index (κ3) is 3.47. The summed E-state index contributed by atoms with van der Waals surface area (Å²) in [5.41, 5.74) is 10.9. The quantitative estimate of drug-likeness (QED) is 0.420. The maximum Gasteiger partial charge on any atom is 0.152 e. The van der Waals surface area contributed by atoms with Crippen LogP contribution in [0.4, 0.5) is 10.2 Å². The minimum Gasteiger partial charge on any atom is -0.489 e. The summed E-state index contributed by atoms with van der Waals surface area (Å²) in [4.78, 5) is 4.53. The third-order valence-electron chi connectivity index (χ3n) is 6.19. The SMILES string of the molecule is Cc1c(N)nc2cc(-c3cnn(C)c3-c3c(F)c(Cl)cc(OC4CC4)c3C#N)ccc2c1C. The number of hydrogen-bond acceptors (Lipinski definition) is 5. The molecule has 0 radical (unpaired) electrons. The Hall–Kier alpha value is -3.63. The van der Waals surface area contributed by atoms with Crippen LogP contribution in [0.2, 0.25) is 5.02 Å². The summed E-state index contributed by atoms with van der Waals surface area (Å²) in [6.45, 7) is 3.95. The lowest BCUT2D eigenvalue weighted by molar-refractivity contribution is 0.302. The molecule has 2 aromatic carbocycles. The molecule has 33 heavy (non-hydrogen) atoms. The van der Waals surface area contributed by atoms with E-state index >= 15 is 4.39 Å². The summed E-state index contributed by atoms with van der Waals surface area (Å²) in [6.07, 6.45) is 3.47. The molecule has 0 spiro atoms. The van der Waals surface area contributed by atoms with Crippen molar-refractivity contribution in [3.05, 3.63) is 58.0 Å². The lowest BCUT2D eigenvalue weighted by Crippen LogP contribution is -2.05. The van der Waals surface area contributed by atoms with Crippen LogP contribution in [0.15, 0.2) is 30.5 Å². The molecule has 1 fully saturated rings. The highest BCUT2D eigenvalue weighted by atomic mass is 35.5. The van der Waals surface area contributed by atoms with Crippen molar-refractivity contribution in [3.63, 3.8) is 0 Å². The van der Waals surface area contributed by atoms with Gasteiger partial charge in [0.15, 0.2) is 5.82 Å². The van der Waals surface area contributed by atoms with Crippen molar-refractivity contribution in [2.75, 3.05) is 5.73 Å². The minimum atomic E-state index is -0.684. The molecule has 2 heterocycles. The fraction of sp³-hybridized carbons (Fsp3) is 0.240. The van der Waals surface area contributed by atoms with E-state index in [1.54, 1.807) is 13.2 Å². The number of nitrogen functional groups attached to an aromatic ring is 1. The van der Waals surface area contributed by atoms with E-state index in [1.165, 1.54) is 10.7 Å². The normalized spacial score (nSPS) is 13.3. The van der Waals surface area contributed by atoms with Gasteiger partial charge in [0.25, 0.3) is 0 Å². The van der Waals surface area contributed by atoms with Gasteiger partial charge in [-0.25, -0.2) is 9.37 Å². The smallest absolute Gasteiger partial charge is 0.152 e. The van der Waals surface area contributed by atoms with E-state index < -0.39 is 5.82 Å². The molecule has 0 saturated heterocycles. The molecule has 2 aromatic heterocycles. The predicted octanol–water partition coefficient (Wildman–Crippen LogP) is 5.71. The summed E-state index contributed by atoms with van der Waals surface area (Å²) >= 11 is 6.23. The summed E-state index contributed by atoms with van der Waals surface area (Å²) in [6, 6.07) is 9.29. The number of hydrogen-bond donors (Lipinski definition) is 1. The lowest BCUT2D eigenvalue weighted by atomic mass is 9.95. The Morgan fingerprint density at radius 2 is 2.00 bits per heavy atom. The van der Waals surface area contributed by atoms with Crippen LogP contribution in [0.3, 0.4) is 0 Å². The summed E-state index contributed by atoms with van der Waals surface area (Å²) in [5, 5.41) is 15.2.